The monoisotopic (exact) mass is 373 g/mol. The number of rotatable bonds is 7. The molecule has 2 aromatic heterocycles. The van der Waals surface area contributed by atoms with Gasteiger partial charge in [0.15, 0.2) is 10.3 Å². The highest BCUT2D eigenvalue weighted by atomic mass is 32.2. The van der Waals surface area contributed by atoms with E-state index in [0.717, 1.165) is 39.0 Å². The molecule has 6 nitrogen and oxygen atoms in total. The number of thiazole rings is 1. The number of ether oxygens (including phenoxy) is 1. The zero-order valence-corrected chi connectivity index (χ0v) is 15.7. The molecule has 1 fully saturated rings. The maximum Gasteiger partial charge on any atom is 0.191 e. The van der Waals surface area contributed by atoms with Gasteiger partial charge in [-0.2, -0.15) is 0 Å². The lowest BCUT2D eigenvalue weighted by Crippen LogP contribution is -1.97. The summed E-state index contributed by atoms with van der Waals surface area (Å²) in [4.78, 5) is 4.64. The van der Waals surface area contributed by atoms with Crippen LogP contribution < -0.4 is 10.1 Å². The molecule has 0 radical (unpaired) electrons. The number of methoxy groups -OCH3 is 1. The third kappa shape index (κ3) is 3.80. The Balaban J connectivity index is 1.36. The topological polar surface area (TPSA) is 64.9 Å². The van der Waals surface area contributed by atoms with E-state index in [2.05, 4.69) is 30.4 Å². The van der Waals surface area contributed by atoms with E-state index in [4.69, 9.17) is 4.74 Å². The van der Waals surface area contributed by atoms with Gasteiger partial charge >= 0.3 is 0 Å². The summed E-state index contributed by atoms with van der Waals surface area (Å²) in [7, 11) is 3.71. The second-order valence-corrected chi connectivity index (χ2v) is 7.76. The molecule has 0 saturated heterocycles. The molecule has 1 aliphatic carbocycles. The molecule has 4 rings (SSSR count). The van der Waals surface area contributed by atoms with Crippen molar-refractivity contribution in [1.29, 1.82) is 0 Å². The predicted molar refractivity (Wildman–Crippen MR) is 101 cm³/mol. The molecule has 1 N–H and O–H groups in total. The van der Waals surface area contributed by atoms with Gasteiger partial charge in [-0.15, -0.1) is 21.5 Å². The molecule has 130 valence electrons. The summed E-state index contributed by atoms with van der Waals surface area (Å²) >= 11 is 3.28. The summed E-state index contributed by atoms with van der Waals surface area (Å²) in [6.45, 7) is 0. The third-order valence-electron chi connectivity index (χ3n) is 4.05. The molecular weight excluding hydrogens is 354 g/mol. The number of benzene rings is 1. The highest BCUT2D eigenvalue weighted by Crippen LogP contribution is 2.39. The Kier molecular flexibility index (Phi) is 4.63. The molecule has 1 aromatic carbocycles. The number of hydrogen-bond donors (Lipinski definition) is 1. The summed E-state index contributed by atoms with van der Waals surface area (Å²) in [5.74, 6) is 3.36. The van der Waals surface area contributed by atoms with Crippen molar-refractivity contribution >= 4 is 33.9 Å². The van der Waals surface area contributed by atoms with Crippen molar-refractivity contribution in [2.75, 3.05) is 12.4 Å². The van der Waals surface area contributed by atoms with Crippen LogP contribution in [0.2, 0.25) is 0 Å². The minimum absolute atomic E-state index is 0.617. The summed E-state index contributed by atoms with van der Waals surface area (Å²) in [6, 6.07) is 7.82. The van der Waals surface area contributed by atoms with Gasteiger partial charge in [-0.1, -0.05) is 11.8 Å². The van der Waals surface area contributed by atoms with Crippen molar-refractivity contribution in [2.45, 2.75) is 29.7 Å². The van der Waals surface area contributed by atoms with Crippen LogP contribution in [0.5, 0.6) is 5.75 Å². The fourth-order valence-corrected chi connectivity index (χ4v) is 4.16. The van der Waals surface area contributed by atoms with E-state index < -0.39 is 0 Å². The lowest BCUT2D eigenvalue weighted by Gasteiger charge is -2.04. The van der Waals surface area contributed by atoms with Crippen LogP contribution in [-0.2, 0) is 12.8 Å². The van der Waals surface area contributed by atoms with Crippen LogP contribution in [0.3, 0.4) is 0 Å². The van der Waals surface area contributed by atoms with E-state index in [9.17, 15) is 0 Å². The Hall–Kier alpha value is -2.06. The average molecular weight is 374 g/mol. The van der Waals surface area contributed by atoms with Gasteiger partial charge in [-0.05, 0) is 37.1 Å². The van der Waals surface area contributed by atoms with Crippen molar-refractivity contribution in [2.24, 2.45) is 7.05 Å². The highest BCUT2D eigenvalue weighted by Gasteiger charge is 2.29. The minimum atomic E-state index is 0.617. The molecule has 1 aliphatic rings. The Labute approximate surface area is 154 Å². The van der Waals surface area contributed by atoms with Gasteiger partial charge in [0, 0.05) is 29.8 Å². The largest absolute Gasteiger partial charge is 0.497 e. The van der Waals surface area contributed by atoms with Crippen LogP contribution in [0.1, 0.15) is 30.3 Å². The normalized spacial score (nSPS) is 13.8. The fraction of sp³-hybridized carbons (Fsp3) is 0.353. The van der Waals surface area contributed by atoms with Crippen LogP contribution in [0.15, 0.2) is 34.8 Å². The smallest absolute Gasteiger partial charge is 0.191 e. The first-order valence-electron chi connectivity index (χ1n) is 8.10. The second kappa shape index (κ2) is 7.05. The molecule has 25 heavy (non-hydrogen) atoms. The van der Waals surface area contributed by atoms with Crippen LogP contribution in [0, 0.1) is 0 Å². The Morgan fingerprint density at radius 1 is 1.28 bits per heavy atom. The lowest BCUT2D eigenvalue weighted by atomic mass is 10.3. The summed E-state index contributed by atoms with van der Waals surface area (Å²) in [6.07, 6.45) is 2.48. The zero-order valence-electron chi connectivity index (χ0n) is 14.1. The minimum Gasteiger partial charge on any atom is -0.497 e. The van der Waals surface area contributed by atoms with Crippen molar-refractivity contribution in [3.63, 3.8) is 0 Å². The first kappa shape index (κ1) is 16.4. The Morgan fingerprint density at radius 3 is 2.80 bits per heavy atom. The molecule has 3 aromatic rings. The van der Waals surface area contributed by atoms with Crippen molar-refractivity contribution in [1.82, 2.24) is 19.7 Å². The van der Waals surface area contributed by atoms with Gasteiger partial charge in [-0.3, -0.25) is 0 Å². The average Bonchev–Trinajstić information content (AvgIpc) is 3.27. The van der Waals surface area contributed by atoms with Gasteiger partial charge < -0.3 is 14.6 Å². The van der Waals surface area contributed by atoms with Gasteiger partial charge in [0.05, 0.1) is 12.8 Å². The number of aromatic nitrogens is 4. The van der Waals surface area contributed by atoms with Crippen molar-refractivity contribution < 1.29 is 4.74 Å². The first-order chi connectivity index (χ1) is 12.2. The van der Waals surface area contributed by atoms with E-state index in [0.29, 0.717) is 5.92 Å². The van der Waals surface area contributed by atoms with Gasteiger partial charge in [0.1, 0.15) is 11.6 Å². The number of anilines is 2. The van der Waals surface area contributed by atoms with Gasteiger partial charge in [-0.25, -0.2) is 4.98 Å². The van der Waals surface area contributed by atoms with E-state index in [1.54, 1.807) is 30.2 Å². The molecule has 0 unspecified atom stereocenters. The molecule has 8 heteroatoms. The standard InChI is InChI=1S/C17H19N5OS2/c1-22-15(11-3-4-11)20-21-17(22)25-10-13-9-24-16(19-13)18-12-5-7-14(23-2)8-6-12/h5-9,11H,3-4,10H2,1-2H3,(H,18,19). The van der Waals surface area contributed by atoms with Gasteiger partial charge in [0.25, 0.3) is 0 Å². The summed E-state index contributed by atoms with van der Waals surface area (Å²) in [5.41, 5.74) is 2.04. The molecular formula is C17H19N5OS2. The lowest BCUT2D eigenvalue weighted by molar-refractivity contribution is 0.415. The molecule has 0 amide bonds. The molecule has 2 heterocycles. The van der Waals surface area contributed by atoms with Gasteiger partial charge in [0.2, 0.25) is 0 Å². The van der Waals surface area contributed by atoms with E-state index in [-0.39, 0.29) is 0 Å². The molecule has 0 atom stereocenters. The van der Waals surface area contributed by atoms with Crippen LogP contribution in [0.4, 0.5) is 10.8 Å². The molecule has 1 saturated carbocycles. The number of nitrogens with one attached hydrogen (secondary N) is 1. The Bertz CT molecular complexity index is 854. The number of thioether (sulfide) groups is 1. The maximum atomic E-state index is 5.17. The Morgan fingerprint density at radius 2 is 2.08 bits per heavy atom. The summed E-state index contributed by atoms with van der Waals surface area (Å²) in [5, 5.41) is 15.9. The quantitative estimate of drug-likeness (QED) is 0.626. The first-order valence-corrected chi connectivity index (χ1v) is 9.97. The fourth-order valence-electron chi connectivity index (χ4n) is 2.52. The van der Waals surface area contributed by atoms with Crippen LogP contribution in [0.25, 0.3) is 0 Å². The second-order valence-electron chi connectivity index (χ2n) is 5.96. The van der Waals surface area contributed by atoms with E-state index in [1.165, 1.54) is 12.8 Å². The number of hydrogen-bond acceptors (Lipinski definition) is 7. The maximum absolute atomic E-state index is 5.17. The molecule has 0 bridgehead atoms. The number of nitrogens with zero attached hydrogens (tertiary/aromatic N) is 4. The predicted octanol–water partition coefficient (Wildman–Crippen LogP) is 4.19. The van der Waals surface area contributed by atoms with Crippen LogP contribution in [-0.4, -0.2) is 26.9 Å². The van der Waals surface area contributed by atoms with Crippen molar-refractivity contribution in [3.8, 4) is 5.75 Å². The van der Waals surface area contributed by atoms with Crippen molar-refractivity contribution in [3.05, 3.63) is 41.2 Å². The van der Waals surface area contributed by atoms with Crippen LogP contribution >= 0.6 is 23.1 Å². The summed E-state index contributed by atoms with van der Waals surface area (Å²) < 4.78 is 7.29. The third-order valence-corrected chi connectivity index (χ3v) is 5.91. The SMILES string of the molecule is COc1ccc(Nc2nc(CSc3nnc(C4CC4)n3C)cs2)cc1. The van der Waals surface area contributed by atoms with E-state index in [1.807, 2.05) is 31.3 Å². The zero-order chi connectivity index (χ0) is 17.2. The van der Waals surface area contributed by atoms with E-state index >= 15 is 0 Å². The molecule has 0 spiro atoms. The highest BCUT2D eigenvalue weighted by molar-refractivity contribution is 7.98. The molecule has 0 aliphatic heterocycles.